The molecule has 0 amide bonds. The average molecular weight is 283 g/mol. The Kier molecular flexibility index (Phi) is 6.67. The molecular weight excluding hydrogens is 256 g/mol. The van der Waals surface area contributed by atoms with E-state index >= 15 is 0 Å². The van der Waals surface area contributed by atoms with Gasteiger partial charge in [-0.25, -0.2) is 0 Å². The zero-order valence-corrected chi connectivity index (χ0v) is 13.4. The van der Waals surface area contributed by atoms with Crippen LogP contribution in [0.25, 0.3) is 0 Å². The first-order chi connectivity index (χ1) is 9.03. The van der Waals surface area contributed by atoms with Crippen LogP contribution in [0, 0.1) is 0 Å². The molecule has 2 atom stereocenters. The number of anilines is 1. The van der Waals surface area contributed by atoms with Crippen molar-refractivity contribution in [3.8, 4) is 0 Å². The van der Waals surface area contributed by atoms with Crippen molar-refractivity contribution in [1.29, 1.82) is 0 Å². The van der Waals surface area contributed by atoms with Crippen molar-refractivity contribution in [2.24, 2.45) is 5.73 Å². The second-order valence-electron chi connectivity index (χ2n) is 5.19. The van der Waals surface area contributed by atoms with Crippen molar-refractivity contribution in [2.45, 2.75) is 59.0 Å². The molecule has 0 spiro atoms. The van der Waals surface area contributed by atoms with Crippen LogP contribution in [0.1, 0.15) is 46.1 Å². The van der Waals surface area contributed by atoms with Crippen LogP contribution >= 0.6 is 11.6 Å². The Morgan fingerprint density at radius 3 is 2.42 bits per heavy atom. The minimum absolute atomic E-state index is 0.218. The number of halogens is 1. The molecule has 0 radical (unpaired) electrons. The lowest BCUT2D eigenvalue weighted by Gasteiger charge is -2.32. The molecule has 1 aromatic rings. The maximum absolute atomic E-state index is 6.18. The van der Waals surface area contributed by atoms with Gasteiger partial charge in [-0.05, 0) is 50.8 Å². The number of hydrogen-bond donors (Lipinski definition) is 1. The first kappa shape index (κ1) is 16.3. The molecule has 0 bridgehead atoms. The Bertz CT molecular complexity index is 392. The molecule has 0 aliphatic rings. The van der Waals surface area contributed by atoms with Gasteiger partial charge in [-0.3, -0.25) is 0 Å². The first-order valence-corrected chi connectivity index (χ1v) is 7.71. The van der Waals surface area contributed by atoms with E-state index in [1.165, 1.54) is 11.3 Å². The molecule has 2 nitrogen and oxygen atoms in total. The summed E-state index contributed by atoms with van der Waals surface area (Å²) in [5.74, 6) is 0. The van der Waals surface area contributed by atoms with Gasteiger partial charge in [-0.15, -0.1) is 0 Å². The van der Waals surface area contributed by atoms with E-state index in [9.17, 15) is 0 Å². The third kappa shape index (κ3) is 4.39. The minimum atomic E-state index is 0.218. The molecule has 3 heteroatoms. The molecule has 108 valence electrons. The highest BCUT2D eigenvalue weighted by atomic mass is 35.5. The van der Waals surface area contributed by atoms with Crippen LogP contribution in [0.4, 0.5) is 5.69 Å². The molecule has 19 heavy (non-hydrogen) atoms. The highest BCUT2D eigenvalue weighted by molar-refractivity contribution is 6.30. The summed E-state index contributed by atoms with van der Waals surface area (Å²) in [5, 5.41) is 0.797. The zero-order chi connectivity index (χ0) is 14.4. The normalized spacial score (nSPS) is 14.2. The summed E-state index contributed by atoms with van der Waals surface area (Å²) in [6.07, 6.45) is 3.03. The zero-order valence-electron chi connectivity index (χ0n) is 12.6. The Labute approximate surface area is 122 Å². The van der Waals surface area contributed by atoms with E-state index in [0.29, 0.717) is 6.04 Å². The number of nitrogens with two attached hydrogens (primary N) is 1. The van der Waals surface area contributed by atoms with Crippen molar-refractivity contribution in [3.05, 3.63) is 28.8 Å². The molecular formula is C16H27ClN2. The van der Waals surface area contributed by atoms with E-state index in [1.807, 2.05) is 6.07 Å². The van der Waals surface area contributed by atoms with Gasteiger partial charge in [-0.1, -0.05) is 31.5 Å². The van der Waals surface area contributed by atoms with Crippen molar-refractivity contribution >= 4 is 17.3 Å². The molecule has 0 saturated heterocycles. The Hall–Kier alpha value is -0.730. The van der Waals surface area contributed by atoms with Crippen LogP contribution in [0.3, 0.4) is 0 Å². The van der Waals surface area contributed by atoms with Gasteiger partial charge in [0, 0.05) is 29.3 Å². The minimum Gasteiger partial charge on any atom is -0.369 e. The monoisotopic (exact) mass is 282 g/mol. The summed E-state index contributed by atoms with van der Waals surface area (Å²) in [6, 6.07) is 6.90. The average Bonchev–Trinajstić information content (AvgIpc) is 2.41. The number of hydrogen-bond acceptors (Lipinski definition) is 2. The van der Waals surface area contributed by atoms with Gasteiger partial charge >= 0.3 is 0 Å². The summed E-state index contributed by atoms with van der Waals surface area (Å²) < 4.78 is 0. The van der Waals surface area contributed by atoms with Gasteiger partial charge < -0.3 is 10.6 Å². The van der Waals surface area contributed by atoms with E-state index in [4.69, 9.17) is 17.3 Å². The van der Waals surface area contributed by atoms with E-state index in [-0.39, 0.29) is 6.04 Å². The fourth-order valence-corrected chi connectivity index (χ4v) is 2.51. The Balaban J connectivity index is 3.11. The quantitative estimate of drug-likeness (QED) is 0.810. The molecule has 0 aliphatic heterocycles. The maximum Gasteiger partial charge on any atom is 0.0426 e. The van der Waals surface area contributed by atoms with Gasteiger partial charge in [0.25, 0.3) is 0 Å². The van der Waals surface area contributed by atoms with Gasteiger partial charge in [0.05, 0.1) is 0 Å². The number of benzene rings is 1. The summed E-state index contributed by atoms with van der Waals surface area (Å²) in [5.41, 5.74) is 8.66. The lowest BCUT2D eigenvalue weighted by atomic mass is 10.0. The van der Waals surface area contributed by atoms with Crippen molar-refractivity contribution < 1.29 is 0 Å². The van der Waals surface area contributed by atoms with E-state index in [1.54, 1.807) is 0 Å². The summed E-state index contributed by atoms with van der Waals surface area (Å²) >= 11 is 6.18. The van der Waals surface area contributed by atoms with E-state index in [2.05, 4.69) is 44.7 Å². The van der Waals surface area contributed by atoms with E-state index in [0.717, 1.165) is 30.8 Å². The lowest BCUT2D eigenvalue weighted by molar-refractivity contribution is 0.615. The number of rotatable bonds is 7. The van der Waals surface area contributed by atoms with Crippen molar-refractivity contribution in [3.63, 3.8) is 0 Å². The lowest BCUT2D eigenvalue weighted by Crippen LogP contribution is -2.34. The molecule has 0 saturated carbocycles. The fraction of sp³-hybridized carbons (Fsp3) is 0.625. The molecule has 1 aromatic carbocycles. The standard InChI is InChI=1S/C16H27ClN2/c1-5-12(4)19(7-3)16-11-14(17)9-8-13(16)10-15(18)6-2/h8-9,11-12,15H,5-7,10,18H2,1-4H3. The van der Waals surface area contributed by atoms with Crippen molar-refractivity contribution in [1.82, 2.24) is 0 Å². The van der Waals surface area contributed by atoms with Gasteiger partial charge in [0.1, 0.15) is 0 Å². The van der Waals surface area contributed by atoms with Crippen LogP contribution in [0.15, 0.2) is 18.2 Å². The Morgan fingerprint density at radius 1 is 1.21 bits per heavy atom. The molecule has 0 aliphatic carbocycles. The van der Waals surface area contributed by atoms with Crippen LogP contribution in [-0.2, 0) is 6.42 Å². The van der Waals surface area contributed by atoms with Crippen molar-refractivity contribution in [2.75, 3.05) is 11.4 Å². The second kappa shape index (κ2) is 7.76. The predicted octanol–water partition coefficient (Wildman–Crippen LogP) is 4.24. The number of nitrogens with zero attached hydrogens (tertiary/aromatic N) is 1. The molecule has 0 aromatic heterocycles. The summed E-state index contributed by atoms with van der Waals surface area (Å²) in [4.78, 5) is 2.42. The SMILES string of the molecule is CCC(N)Cc1ccc(Cl)cc1N(CC)C(C)CC. The van der Waals surface area contributed by atoms with Crippen LogP contribution < -0.4 is 10.6 Å². The van der Waals surface area contributed by atoms with Gasteiger partial charge in [-0.2, -0.15) is 0 Å². The smallest absolute Gasteiger partial charge is 0.0426 e. The Morgan fingerprint density at radius 2 is 1.89 bits per heavy atom. The largest absolute Gasteiger partial charge is 0.369 e. The highest BCUT2D eigenvalue weighted by Crippen LogP contribution is 2.28. The summed E-state index contributed by atoms with van der Waals surface area (Å²) in [6.45, 7) is 9.79. The third-order valence-electron chi connectivity index (χ3n) is 3.83. The molecule has 2 unspecified atom stereocenters. The highest BCUT2D eigenvalue weighted by Gasteiger charge is 2.16. The van der Waals surface area contributed by atoms with Crippen LogP contribution in [0.5, 0.6) is 0 Å². The molecule has 1 rings (SSSR count). The predicted molar refractivity (Wildman–Crippen MR) is 86.2 cm³/mol. The van der Waals surface area contributed by atoms with Gasteiger partial charge in [0.2, 0.25) is 0 Å². The maximum atomic E-state index is 6.18. The van der Waals surface area contributed by atoms with Crippen LogP contribution in [0.2, 0.25) is 5.02 Å². The second-order valence-corrected chi connectivity index (χ2v) is 5.63. The summed E-state index contributed by atoms with van der Waals surface area (Å²) in [7, 11) is 0. The first-order valence-electron chi connectivity index (χ1n) is 7.34. The topological polar surface area (TPSA) is 29.3 Å². The van der Waals surface area contributed by atoms with E-state index < -0.39 is 0 Å². The molecule has 0 fully saturated rings. The third-order valence-corrected chi connectivity index (χ3v) is 4.06. The molecule has 2 N–H and O–H groups in total. The van der Waals surface area contributed by atoms with Crippen LogP contribution in [-0.4, -0.2) is 18.6 Å². The fourth-order valence-electron chi connectivity index (χ4n) is 2.34. The molecule has 0 heterocycles. The van der Waals surface area contributed by atoms with Gasteiger partial charge in [0.15, 0.2) is 0 Å².